The lowest BCUT2D eigenvalue weighted by Gasteiger charge is -2.19. The van der Waals surface area contributed by atoms with E-state index < -0.39 is 0 Å². The molecule has 2 bridgehead atoms. The summed E-state index contributed by atoms with van der Waals surface area (Å²) in [5, 5.41) is 15.9. The molecular formula is C23H38N4O3. The second-order valence-electron chi connectivity index (χ2n) is 9.34. The molecule has 1 saturated heterocycles. The summed E-state index contributed by atoms with van der Waals surface area (Å²) in [5.41, 5.74) is 0. The van der Waals surface area contributed by atoms with Gasteiger partial charge in [0.15, 0.2) is 5.96 Å². The zero-order valence-electron chi connectivity index (χ0n) is 18.6. The molecule has 5 atom stereocenters. The molecule has 0 aromatic rings. The molecule has 2 amide bonds. The third-order valence-electron chi connectivity index (χ3n) is 6.61. The predicted octanol–water partition coefficient (Wildman–Crippen LogP) is 1.78. The maximum absolute atomic E-state index is 12.7. The average molecular weight is 419 g/mol. The molecule has 7 heteroatoms. The second kappa shape index (κ2) is 10.4. The minimum absolute atomic E-state index is 0.0305. The van der Waals surface area contributed by atoms with Gasteiger partial charge in [-0.15, -0.1) is 0 Å². The van der Waals surface area contributed by atoms with Gasteiger partial charge in [-0.2, -0.15) is 0 Å². The Kier molecular flexibility index (Phi) is 7.92. The highest BCUT2D eigenvalue weighted by atomic mass is 16.3. The number of rotatable bonds is 11. The van der Waals surface area contributed by atoms with Gasteiger partial charge in [-0.05, 0) is 56.3 Å². The number of likely N-dealkylation sites (tertiary alicyclic amines) is 1. The topological polar surface area (TPSA) is 94.0 Å². The van der Waals surface area contributed by atoms with Crippen LogP contribution in [0.5, 0.6) is 0 Å². The first kappa shape index (κ1) is 22.8. The fraction of sp³-hybridized carbons (Fsp3) is 0.783. The van der Waals surface area contributed by atoms with Gasteiger partial charge in [-0.1, -0.05) is 26.0 Å². The van der Waals surface area contributed by atoms with Crippen LogP contribution in [0, 0.1) is 35.5 Å². The molecule has 7 nitrogen and oxygen atoms in total. The number of hydrogen-bond acceptors (Lipinski definition) is 4. The molecule has 1 heterocycles. The average Bonchev–Trinajstić information content (AvgIpc) is 3.38. The molecule has 2 fully saturated rings. The first-order valence-electron chi connectivity index (χ1n) is 11.6. The lowest BCUT2D eigenvalue weighted by molar-refractivity contribution is -0.140. The van der Waals surface area contributed by atoms with Gasteiger partial charge >= 0.3 is 0 Å². The van der Waals surface area contributed by atoms with Gasteiger partial charge in [-0.25, -0.2) is 0 Å². The summed E-state index contributed by atoms with van der Waals surface area (Å²) in [6, 6.07) is 0. The number of nitrogens with zero attached hydrogens (tertiary/aromatic N) is 2. The Morgan fingerprint density at radius 3 is 2.43 bits per heavy atom. The van der Waals surface area contributed by atoms with Crippen LogP contribution >= 0.6 is 0 Å². The number of imide groups is 1. The van der Waals surface area contributed by atoms with Crippen LogP contribution < -0.4 is 10.6 Å². The highest BCUT2D eigenvalue weighted by Crippen LogP contribution is 2.52. The van der Waals surface area contributed by atoms with E-state index in [0.29, 0.717) is 37.9 Å². The maximum atomic E-state index is 12.7. The van der Waals surface area contributed by atoms with Crippen molar-refractivity contribution >= 4 is 17.8 Å². The minimum atomic E-state index is -0.108. The van der Waals surface area contributed by atoms with Crippen molar-refractivity contribution in [3.8, 4) is 0 Å². The Bertz CT molecular complexity index is 645. The molecule has 5 unspecified atom stereocenters. The van der Waals surface area contributed by atoms with Crippen LogP contribution in [-0.4, -0.2) is 60.6 Å². The van der Waals surface area contributed by atoms with Crippen molar-refractivity contribution in [3.63, 3.8) is 0 Å². The molecular weight excluding hydrogens is 380 g/mol. The van der Waals surface area contributed by atoms with Crippen LogP contribution in [0.4, 0.5) is 0 Å². The Balaban J connectivity index is 1.45. The Morgan fingerprint density at radius 1 is 1.20 bits per heavy atom. The van der Waals surface area contributed by atoms with Gasteiger partial charge in [0, 0.05) is 32.8 Å². The Hall–Kier alpha value is -1.89. The van der Waals surface area contributed by atoms with Crippen molar-refractivity contribution in [1.29, 1.82) is 0 Å². The van der Waals surface area contributed by atoms with Crippen LogP contribution in [0.2, 0.25) is 0 Å². The SMILES string of the molecule is CCNC(=NCC(CCO)CC(C)C)NCCCN1C(=O)C2C3C=CC(C3)C2C1=O. The summed E-state index contributed by atoms with van der Waals surface area (Å²) in [4.78, 5) is 31.7. The van der Waals surface area contributed by atoms with Crippen molar-refractivity contribution in [2.75, 3.05) is 32.8 Å². The lowest BCUT2D eigenvalue weighted by Crippen LogP contribution is -2.40. The van der Waals surface area contributed by atoms with Gasteiger partial charge in [0.2, 0.25) is 11.8 Å². The summed E-state index contributed by atoms with van der Waals surface area (Å²) < 4.78 is 0. The maximum Gasteiger partial charge on any atom is 0.233 e. The number of hydrogen-bond donors (Lipinski definition) is 3. The van der Waals surface area contributed by atoms with E-state index in [1.54, 1.807) is 0 Å². The van der Waals surface area contributed by atoms with E-state index in [4.69, 9.17) is 0 Å². The third kappa shape index (κ3) is 5.05. The van der Waals surface area contributed by atoms with Gasteiger partial charge < -0.3 is 15.7 Å². The van der Waals surface area contributed by atoms with E-state index in [9.17, 15) is 14.7 Å². The monoisotopic (exact) mass is 418 g/mol. The number of fused-ring (bicyclic) bond motifs is 5. The molecule has 3 N–H and O–H groups in total. The fourth-order valence-corrected chi connectivity index (χ4v) is 5.32. The molecule has 2 aliphatic carbocycles. The summed E-state index contributed by atoms with van der Waals surface area (Å²) in [6.45, 7) is 9.16. The first-order valence-corrected chi connectivity index (χ1v) is 11.6. The zero-order chi connectivity index (χ0) is 21.7. The van der Waals surface area contributed by atoms with Gasteiger partial charge in [0.05, 0.1) is 11.8 Å². The van der Waals surface area contributed by atoms with E-state index in [1.165, 1.54) is 4.90 Å². The number of amides is 2. The zero-order valence-corrected chi connectivity index (χ0v) is 18.6. The minimum Gasteiger partial charge on any atom is -0.396 e. The number of aliphatic hydroxyl groups is 1. The number of nitrogens with one attached hydrogen (secondary N) is 2. The van der Waals surface area contributed by atoms with Crippen LogP contribution in [0.15, 0.2) is 17.1 Å². The number of aliphatic imine (C=N–C) groups is 1. The van der Waals surface area contributed by atoms with E-state index >= 15 is 0 Å². The van der Waals surface area contributed by atoms with Crippen LogP contribution in [0.3, 0.4) is 0 Å². The largest absolute Gasteiger partial charge is 0.396 e. The molecule has 0 radical (unpaired) electrons. The van der Waals surface area contributed by atoms with E-state index in [2.05, 4.69) is 41.6 Å². The first-order chi connectivity index (χ1) is 14.5. The summed E-state index contributed by atoms with van der Waals surface area (Å²) >= 11 is 0. The highest BCUT2D eigenvalue weighted by Gasteiger charge is 2.58. The number of allylic oxidation sites excluding steroid dienone is 2. The smallest absolute Gasteiger partial charge is 0.233 e. The number of carbonyl (C=O) groups is 2. The van der Waals surface area contributed by atoms with Gasteiger partial charge in [-0.3, -0.25) is 19.5 Å². The van der Waals surface area contributed by atoms with Crippen molar-refractivity contribution in [2.24, 2.45) is 40.5 Å². The van der Waals surface area contributed by atoms with Crippen molar-refractivity contribution in [3.05, 3.63) is 12.2 Å². The molecule has 3 aliphatic rings. The third-order valence-corrected chi connectivity index (χ3v) is 6.61. The second-order valence-corrected chi connectivity index (χ2v) is 9.34. The molecule has 3 rings (SSSR count). The van der Waals surface area contributed by atoms with Crippen molar-refractivity contribution in [2.45, 2.75) is 46.5 Å². The van der Waals surface area contributed by atoms with E-state index in [1.807, 2.05) is 6.92 Å². The van der Waals surface area contributed by atoms with Gasteiger partial charge in [0.1, 0.15) is 0 Å². The number of aliphatic hydroxyl groups excluding tert-OH is 1. The van der Waals surface area contributed by atoms with E-state index in [-0.39, 0.29) is 42.1 Å². The Morgan fingerprint density at radius 2 is 1.87 bits per heavy atom. The molecule has 30 heavy (non-hydrogen) atoms. The van der Waals surface area contributed by atoms with Crippen LogP contribution in [0.1, 0.15) is 46.5 Å². The fourth-order valence-electron chi connectivity index (χ4n) is 5.32. The highest BCUT2D eigenvalue weighted by molar-refractivity contribution is 6.06. The van der Waals surface area contributed by atoms with Crippen LogP contribution in [-0.2, 0) is 9.59 Å². The van der Waals surface area contributed by atoms with E-state index in [0.717, 1.165) is 31.8 Å². The molecule has 168 valence electrons. The lowest BCUT2D eigenvalue weighted by atomic mass is 9.85. The Labute approximate surface area is 180 Å². The quantitative estimate of drug-likeness (QED) is 0.156. The summed E-state index contributed by atoms with van der Waals surface area (Å²) in [7, 11) is 0. The molecule has 0 aromatic heterocycles. The number of guanidine groups is 1. The van der Waals surface area contributed by atoms with Crippen LogP contribution in [0.25, 0.3) is 0 Å². The molecule has 1 aliphatic heterocycles. The van der Waals surface area contributed by atoms with Crippen molar-refractivity contribution < 1.29 is 14.7 Å². The number of carbonyl (C=O) groups excluding carboxylic acids is 2. The summed E-state index contributed by atoms with van der Waals surface area (Å²) in [5.74, 6) is 2.08. The van der Waals surface area contributed by atoms with Crippen molar-refractivity contribution in [1.82, 2.24) is 15.5 Å². The molecule has 0 aromatic carbocycles. The standard InChI is InChI=1S/C23H38N4O3/c1-4-24-23(26-14-16(8-11-28)12-15(2)3)25-9-5-10-27-21(29)19-17-6-7-18(13-17)20(19)22(27)30/h6-7,15-20,28H,4-5,8-14H2,1-3H3,(H2,24,25,26). The predicted molar refractivity (Wildman–Crippen MR) is 118 cm³/mol. The molecule has 1 saturated carbocycles. The summed E-state index contributed by atoms with van der Waals surface area (Å²) in [6.07, 6.45) is 7.74. The van der Waals surface area contributed by atoms with Gasteiger partial charge in [0.25, 0.3) is 0 Å². The normalized spacial score (nSPS) is 28.6. The molecule has 0 spiro atoms.